The molecule has 0 bridgehead atoms. The van der Waals surface area contributed by atoms with Crippen molar-refractivity contribution < 1.29 is 14.6 Å². The molecule has 1 fully saturated rings. The maximum absolute atomic E-state index is 11.3. The van der Waals surface area contributed by atoms with Gasteiger partial charge in [0, 0.05) is 16.1 Å². The van der Waals surface area contributed by atoms with E-state index in [2.05, 4.69) is 20.8 Å². The standard InChI is InChI=1S/C16H22BrNO3/c1-21-15-7-6-12(17)10-13(15)14(11-16(19)20)18-8-4-2-3-5-9-18/h6-7,10,14H,2-5,8-9,11H2,1H3,(H,19,20). The first-order chi connectivity index (χ1) is 10.1. The first-order valence-electron chi connectivity index (χ1n) is 7.41. The van der Waals surface area contributed by atoms with Gasteiger partial charge in [-0.1, -0.05) is 28.8 Å². The molecule has 116 valence electrons. The third-order valence-corrected chi connectivity index (χ3v) is 4.49. The van der Waals surface area contributed by atoms with Gasteiger partial charge in [-0.25, -0.2) is 0 Å². The van der Waals surface area contributed by atoms with E-state index in [0.717, 1.165) is 41.7 Å². The number of halogens is 1. The van der Waals surface area contributed by atoms with Crippen molar-refractivity contribution in [3.8, 4) is 5.75 Å². The van der Waals surface area contributed by atoms with Gasteiger partial charge in [0.05, 0.1) is 13.5 Å². The van der Waals surface area contributed by atoms with Gasteiger partial charge in [0.15, 0.2) is 0 Å². The van der Waals surface area contributed by atoms with Crippen LogP contribution < -0.4 is 4.74 Å². The van der Waals surface area contributed by atoms with Crippen molar-refractivity contribution >= 4 is 21.9 Å². The molecule has 0 spiro atoms. The lowest BCUT2D eigenvalue weighted by molar-refractivity contribution is -0.138. The number of benzene rings is 1. The molecule has 2 rings (SSSR count). The fraction of sp³-hybridized carbons (Fsp3) is 0.562. The molecule has 1 unspecified atom stereocenters. The maximum atomic E-state index is 11.3. The zero-order chi connectivity index (χ0) is 15.2. The maximum Gasteiger partial charge on any atom is 0.305 e. The van der Waals surface area contributed by atoms with Crippen LogP contribution in [-0.2, 0) is 4.79 Å². The summed E-state index contributed by atoms with van der Waals surface area (Å²) in [6, 6.07) is 5.67. The average molecular weight is 356 g/mol. The molecule has 1 aromatic rings. The minimum atomic E-state index is -0.772. The smallest absolute Gasteiger partial charge is 0.305 e. The van der Waals surface area contributed by atoms with Gasteiger partial charge in [0.2, 0.25) is 0 Å². The normalized spacial score (nSPS) is 18.0. The minimum Gasteiger partial charge on any atom is -0.496 e. The second kappa shape index (κ2) is 7.80. The number of methoxy groups -OCH3 is 1. The van der Waals surface area contributed by atoms with E-state index in [1.165, 1.54) is 12.8 Å². The number of carboxylic acid groups (broad SMARTS) is 1. The number of rotatable bonds is 5. The van der Waals surface area contributed by atoms with Gasteiger partial charge in [-0.05, 0) is 44.1 Å². The molecule has 1 N–H and O–H groups in total. The van der Waals surface area contributed by atoms with E-state index >= 15 is 0 Å². The molecule has 0 radical (unpaired) electrons. The molecule has 1 aliphatic heterocycles. The molecular formula is C16H22BrNO3. The van der Waals surface area contributed by atoms with E-state index < -0.39 is 5.97 Å². The lowest BCUT2D eigenvalue weighted by Crippen LogP contribution is -2.31. The fourth-order valence-corrected chi connectivity index (χ4v) is 3.35. The first kappa shape index (κ1) is 16.3. The van der Waals surface area contributed by atoms with Gasteiger partial charge in [0.1, 0.15) is 5.75 Å². The van der Waals surface area contributed by atoms with Crippen molar-refractivity contribution in [2.75, 3.05) is 20.2 Å². The van der Waals surface area contributed by atoms with Crippen LogP contribution in [0.5, 0.6) is 5.75 Å². The Bertz CT molecular complexity index is 484. The monoisotopic (exact) mass is 355 g/mol. The summed E-state index contributed by atoms with van der Waals surface area (Å²) in [5, 5.41) is 9.30. The molecule has 1 atom stereocenters. The number of hydrogen-bond acceptors (Lipinski definition) is 3. The number of likely N-dealkylation sites (tertiary alicyclic amines) is 1. The molecule has 4 nitrogen and oxygen atoms in total. The van der Waals surface area contributed by atoms with Crippen LogP contribution in [0.4, 0.5) is 0 Å². The predicted octanol–water partition coefficient (Wildman–Crippen LogP) is 3.85. The summed E-state index contributed by atoms with van der Waals surface area (Å²) in [6.07, 6.45) is 4.82. The number of carbonyl (C=O) groups is 1. The highest BCUT2D eigenvalue weighted by molar-refractivity contribution is 9.10. The third kappa shape index (κ3) is 4.45. The predicted molar refractivity (Wildman–Crippen MR) is 85.7 cm³/mol. The van der Waals surface area contributed by atoms with Crippen LogP contribution in [0, 0.1) is 0 Å². The third-order valence-electron chi connectivity index (χ3n) is 4.00. The van der Waals surface area contributed by atoms with Crippen molar-refractivity contribution in [1.82, 2.24) is 4.90 Å². The Kier molecular flexibility index (Phi) is 6.06. The number of ether oxygens (including phenoxy) is 1. The van der Waals surface area contributed by atoms with Crippen LogP contribution in [0.3, 0.4) is 0 Å². The fourth-order valence-electron chi connectivity index (χ4n) is 2.97. The van der Waals surface area contributed by atoms with Crippen molar-refractivity contribution in [1.29, 1.82) is 0 Å². The van der Waals surface area contributed by atoms with Crippen molar-refractivity contribution in [2.45, 2.75) is 38.1 Å². The second-order valence-electron chi connectivity index (χ2n) is 5.45. The molecule has 0 saturated carbocycles. The van der Waals surface area contributed by atoms with Gasteiger partial charge in [-0.2, -0.15) is 0 Å². The van der Waals surface area contributed by atoms with Crippen molar-refractivity contribution in [2.24, 2.45) is 0 Å². The molecule has 0 aliphatic carbocycles. The summed E-state index contributed by atoms with van der Waals surface area (Å²) in [5.74, 6) is -0.0139. The topological polar surface area (TPSA) is 49.8 Å². The molecular weight excluding hydrogens is 334 g/mol. The Morgan fingerprint density at radius 2 is 2.00 bits per heavy atom. The molecule has 21 heavy (non-hydrogen) atoms. The summed E-state index contributed by atoms with van der Waals surface area (Å²) in [5.41, 5.74) is 0.955. The highest BCUT2D eigenvalue weighted by Gasteiger charge is 2.26. The molecule has 1 aromatic carbocycles. The van der Waals surface area contributed by atoms with Gasteiger partial charge in [-0.15, -0.1) is 0 Å². The number of aliphatic carboxylic acids is 1. The zero-order valence-electron chi connectivity index (χ0n) is 12.3. The molecule has 1 aliphatic rings. The number of hydrogen-bond donors (Lipinski definition) is 1. The van der Waals surface area contributed by atoms with Crippen molar-refractivity contribution in [3.63, 3.8) is 0 Å². The molecule has 1 saturated heterocycles. The van der Waals surface area contributed by atoms with E-state index in [0.29, 0.717) is 0 Å². The highest BCUT2D eigenvalue weighted by Crippen LogP contribution is 2.35. The second-order valence-corrected chi connectivity index (χ2v) is 6.37. The van der Waals surface area contributed by atoms with E-state index in [4.69, 9.17) is 4.74 Å². The summed E-state index contributed by atoms with van der Waals surface area (Å²) in [6.45, 7) is 1.90. The average Bonchev–Trinajstić information content (AvgIpc) is 2.73. The summed E-state index contributed by atoms with van der Waals surface area (Å²) >= 11 is 3.48. The van der Waals surface area contributed by atoms with Gasteiger partial charge in [-0.3, -0.25) is 9.69 Å². The van der Waals surface area contributed by atoms with Crippen LogP contribution >= 0.6 is 15.9 Å². The molecule has 0 aromatic heterocycles. The zero-order valence-corrected chi connectivity index (χ0v) is 13.9. The Balaban J connectivity index is 2.34. The minimum absolute atomic E-state index is 0.104. The summed E-state index contributed by atoms with van der Waals surface area (Å²) < 4.78 is 6.39. The Hall–Kier alpha value is -1.07. The van der Waals surface area contributed by atoms with Gasteiger partial charge in [0.25, 0.3) is 0 Å². The van der Waals surface area contributed by atoms with Crippen molar-refractivity contribution in [3.05, 3.63) is 28.2 Å². The quantitative estimate of drug-likeness (QED) is 0.871. The van der Waals surface area contributed by atoms with Crippen LogP contribution in [0.2, 0.25) is 0 Å². The van der Waals surface area contributed by atoms with E-state index in [9.17, 15) is 9.90 Å². The van der Waals surface area contributed by atoms with Crippen LogP contribution in [0.15, 0.2) is 22.7 Å². The lowest BCUT2D eigenvalue weighted by Gasteiger charge is -2.31. The summed E-state index contributed by atoms with van der Waals surface area (Å²) in [7, 11) is 1.63. The Labute approximate surface area is 134 Å². The molecule has 1 heterocycles. The Morgan fingerprint density at radius 3 is 2.57 bits per heavy atom. The lowest BCUT2D eigenvalue weighted by atomic mass is 10.0. The SMILES string of the molecule is COc1ccc(Br)cc1C(CC(=O)O)N1CCCCCC1. The number of carboxylic acids is 1. The van der Waals surface area contributed by atoms with Crippen LogP contribution in [-0.4, -0.2) is 36.2 Å². The van der Waals surface area contributed by atoms with E-state index in [1.54, 1.807) is 7.11 Å². The highest BCUT2D eigenvalue weighted by atomic mass is 79.9. The molecule has 0 amide bonds. The molecule has 5 heteroatoms. The van der Waals surface area contributed by atoms with Crippen LogP contribution in [0.1, 0.15) is 43.7 Å². The van der Waals surface area contributed by atoms with Crippen LogP contribution in [0.25, 0.3) is 0 Å². The van der Waals surface area contributed by atoms with E-state index in [1.807, 2.05) is 18.2 Å². The van der Waals surface area contributed by atoms with E-state index in [-0.39, 0.29) is 12.5 Å². The number of nitrogens with zero attached hydrogens (tertiary/aromatic N) is 1. The summed E-state index contributed by atoms with van der Waals surface area (Å²) in [4.78, 5) is 13.6. The van der Waals surface area contributed by atoms with Gasteiger partial charge >= 0.3 is 5.97 Å². The first-order valence-corrected chi connectivity index (χ1v) is 8.20. The Morgan fingerprint density at radius 1 is 1.33 bits per heavy atom. The van der Waals surface area contributed by atoms with Gasteiger partial charge < -0.3 is 9.84 Å². The largest absolute Gasteiger partial charge is 0.496 e.